The molecule has 1 rings (SSSR count). The molecule has 0 spiro atoms. The van der Waals surface area contributed by atoms with E-state index in [2.05, 4.69) is 50.2 Å². The van der Waals surface area contributed by atoms with Crippen molar-refractivity contribution < 1.29 is 9.53 Å². The Morgan fingerprint density at radius 1 is 1.53 bits per heavy atom. The van der Waals surface area contributed by atoms with Gasteiger partial charge in [-0.2, -0.15) is 0 Å². The van der Waals surface area contributed by atoms with E-state index in [1.165, 1.54) is 5.01 Å². The summed E-state index contributed by atoms with van der Waals surface area (Å²) < 4.78 is 8.81. The van der Waals surface area contributed by atoms with Gasteiger partial charge in [-0.1, -0.05) is 0 Å². The van der Waals surface area contributed by atoms with Crippen molar-refractivity contribution in [2.45, 2.75) is 33.3 Å². The van der Waals surface area contributed by atoms with Crippen molar-refractivity contribution in [2.24, 2.45) is 0 Å². The van der Waals surface area contributed by atoms with Crippen LogP contribution in [0.15, 0.2) is 6.33 Å². The fourth-order valence-corrected chi connectivity index (χ4v) is 2.05. The summed E-state index contributed by atoms with van der Waals surface area (Å²) in [6, 6.07) is 0. The van der Waals surface area contributed by atoms with Crippen molar-refractivity contribution in [3.63, 3.8) is 0 Å². The van der Waals surface area contributed by atoms with Crippen molar-refractivity contribution in [3.05, 3.63) is 13.7 Å². The molecule has 1 heterocycles. The Morgan fingerprint density at radius 3 is 2.47 bits per heavy atom. The Morgan fingerprint density at radius 2 is 2.12 bits per heavy atom. The number of hydrogen-bond donors (Lipinski definition) is 0. The van der Waals surface area contributed by atoms with Crippen molar-refractivity contribution in [1.82, 2.24) is 9.66 Å². The van der Waals surface area contributed by atoms with Crippen LogP contribution in [-0.2, 0) is 4.74 Å². The summed E-state index contributed by atoms with van der Waals surface area (Å²) in [5, 5.41) is 1.52. The lowest BCUT2D eigenvalue weighted by atomic mass is 10.2. The average Bonchev–Trinajstić information content (AvgIpc) is 2.48. The molecule has 1 aromatic rings. The van der Waals surface area contributed by atoms with E-state index < -0.39 is 5.60 Å². The minimum Gasteiger partial charge on any atom is -0.442 e. The van der Waals surface area contributed by atoms with Gasteiger partial charge < -0.3 is 4.74 Å². The fourth-order valence-electron chi connectivity index (χ4n) is 1.16. The maximum Gasteiger partial charge on any atom is 0.429 e. The molecule has 0 aliphatic heterocycles. The van der Waals surface area contributed by atoms with Gasteiger partial charge in [0.15, 0.2) is 0 Å². The number of imidazole rings is 1. The average molecular weight is 463 g/mol. The SMILES string of the molecule is CCN(C(=O)OC(C)(C)C)n1cnc(I)c1I. The number of carbonyl (C=O) groups is 1. The minimum atomic E-state index is -0.496. The summed E-state index contributed by atoms with van der Waals surface area (Å²) in [4.78, 5) is 16.2. The van der Waals surface area contributed by atoms with E-state index in [1.54, 1.807) is 11.0 Å². The Bertz CT molecular complexity index is 412. The van der Waals surface area contributed by atoms with E-state index in [-0.39, 0.29) is 6.09 Å². The summed E-state index contributed by atoms with van der Waals surface area (Å²) in [5.74, 6) is 0. The smallest absolute Gasteiger partial charge is 0.429 e. The van der Waals surface area contributed by atoms with Crippen LogP contribution in [0.5, 0.6) is 0 Å². The number of amides is 1. The molecule has 1 aromatic heterocycles. The molecule has 0 atom stereocenters. The van der Waals surface area contributed by atoms with E-state index in [9.17, 15) is 4.79 Å². The standard InChI is InChI=1S/C10H15I2N3O2/c1-5-14(9(16)17-10(2,3)4)15-6-13-7(11)8(15)12/h6H,5H2,1-4H3. The van der Waals surface area contributed by atoms with Crippen molar-refractivity contribution >= 4 is 51.3 Å². The first-order valence-electron chi connectivity index (χ1n) is 5.15. The zero-order valence-electron chi connectivity index (χ0n) is 10.2. The minimum absolute atomic E-state index is 0.369. The Labute approximate surface area is 128 Å². The van der Waals surface area contributed by atoms with Gasteiger partial charge in [0, 0.05) is 6.54 Å². The molecule has 5 nitrogen and oxygen atoms in total. The van der Waals surface area contributed by atoms with Crippen LogP contribution in [0.3, 0.4) is 0 Å². The second kappa shape index (κ2) is 5.72. The third-order valence-electron chi connectivity index (χ3n) is 1.82. The van der Waals surface area contributed by atoms with E-state index in [1.807, 2.05) is 27.7 Å². The molecule has 96 valence electrons. The first kappa shape index (κ1) is 15.0. The summed E-state index contributed by atoms with van der Waals surface area (Å²) in [5.41, 5.74) is -0.496. The number of rotatable bonds is 2. The maximum atomic E-state index is 12.0. The number of aromatic nitrogens is 2. The van der Waals surface area contributed by atoms with Gasteiger partial charge >= 0.3 is 6.09 Å². The molecule has 0 radical (unpaired) electrons. The van der Waals surface area contributed by atoms with Crippen molar-refractivity contribution in [1.29, 1.82) is 0 Å². The molecule has 7 heteroatoms. The number of carbonyl (C=O) groups excluding carboxylic acids is 1. The van der Waals surface area contributed by atoms with Crippen LogP contribution in [-0.4, -0.2) is 27.9 Å². The Balaban J connectivity index is 2.93. The van der Waals surface area contributed by atoms with Gasteiger partial charge in [0.2, 0.25) is 0 Å². The number of hydrogen-bond acceptors (Lipinski definition) is 3. The number of nitrogens with zero attached hydrogens (tertiary/aromatic N) is 3. The van der Waals surface area contributed by atoms with Gasteiger partial charge in [-0.25, -0.2) is 19.5 Å². The van der Waals surface area contributed by atoms with Crippen LogP contribution in [0.25, 0.3) is 0 Å². The van der Waals surface area contributed by atoms with Gasteiger partial charge in [0.05, 0.1) is 0 Å². The fraction of sp³-hybridized carbons (Fsp3) is 0.600. The number of ether oxygens (including phenoxy) is 1. The summed E-state index contributed by atoms with van der Waals surface area (Å²) in [6.45, 7) is 7.97. The van der Waals surface area contributed by atoms with E-state index in [4.69, 9.17) is 4.74 Å². The normalized spacial score (nSPS) is 11.4. The van der Waals surface area contributed by atoms with E-state index in [0.29, 0.717) is 6.54 Å². The van der Waals surface area contributed by atoms with Crippen LogP contribution in [0.2, 0.25) is 0 Å². The van der Waals surface area contributed by atoms with Crippen LogP contribution in [0, 0.1) is 7.40 Å². The third kappa shape index (κ3) is 3.97. The molecule has 0 unspecified atom stereocenters. The Hall–Kier alpha value is -0.0600. The molecule has 0 bridgehead atoms. The monoisotopic (exact) mass is 463 g/mol. The first-order valence-corrected chi connectivity index (χ1v) is 7.31. The van der Waals surface area contributed by atoms with Crippen molar-refractivity contribution in [3.8, 4) is 0 Å². The van der Waals surface area contributed by atoms with Gasteiger partial charge in [-0.05, 0) is 72.9 Å². The van der Waals surface area contributed by atoms with Crippen LogP contribution in [0.1, 0.15) is 27.7 Å². The first-order chi connectivity index (χ1) is 7.76. The molecule has 0 aliphatic carbocycles. The number of halogens is 2. The summed E-state index contributed by atoms with van der Waals surface area (Å²) >= 11 is 4.28. The van der Waals surface area contributed by atoms with Crippen LogP contribution < -0.4 is 5.01 Å². The lowest BCUT2D eigenvalue weighted by Crippen LogP contribution is -2.44. The molecular weight excluding hydrogens is 448 g/mol. The van der Waals surface area contributed by atoms with Crippen LogP contribution >= 0.6 is 45.2 Å². The molecule has 0 fully saturated rings. The molecule has 17 heavy (non-hydrogen) atoms. The molecular formula is C10H15I2N3O2. The highest BCUT2D eigenvalue weighted by atomic mass is 127. The third-order valence-corrected chi connectivity index (χ3v) is 4.64. The molecule has 1 amide bonds. The van der Waals surface area contributed by atoms with E-state index >= 15 is 0 Å². The summed E-state index contributed by atoms with van der Waals surface area (Å²) in [6.07, 6.45) is 1.25. The largest absolute Gasteiger partial charge is 0.442 e. The predicted molar refractivity (Wildman–Crippen MR) is 82.7 cm³/mol. The second-order valence-electron chi connectivity index (χ2n) is 4.37. The zero-order chi connectivity index (χ0) is 13.2. The highest BCUT2D eigenvalue weighted by Crippen LogP contribution is 2.15. The molecule has 0 aliphatic rings. The maximum absolute atomic E-state index is 12.0. The highest BCUT2D eigenvalue weighted by Gasteiger charge is 2.24. The van der Waals surface area contributed by atoms with Gasteiger partial charge in [0.1, 0.15) is 19.3 Å². The quantitative estimate of drug-likeness (QED) is 0.635. The highest BCUT2D eigenvalue weighted by molar-refractivity contribution is 14.1. The van der Waals surface area contributed by atoms with E-state index in [0.717, 1.165) is 7.40 Å². The lowest BCUT2D eigenvalue weighted by molar-refractivity contribution is 0.0539. The topological polar surface area (TPSA) is 47.4 Å². The predicted octanol–water partition coefficient (Wildman–Crippen LogP) is 2.99. The van der Waals surface area contributed by atoms with Gasteiger partial charge in [-0.15, -0.1) is 0 Å². The second-order valence-corrected chi connectivity index (χ2v) is 6.41. The Kier molecular flexibility index (Phi) is 5.05. The zero-order valence-corrected chi connectivity index (χ0v) is 14.5. The summed E-state index contributed by atoms with van der Waals surface area (Å²) in [7, 11) is 0. The van der Waals surface area contributed by atoms with Crippen LogP contribution in [0.4, 0.5) is 4.79 Å². The van der Waals surface area contributed by atoms with Gasteiger partial charge in [0.25, 0.3) is 0 Å². The molecule has 0 aromatic carbocycles. The van der Waals surface area contributed by atoms with Gasteiger partial charge in [-0.3, -0.25) is 0 Å². The lowest BCUT2D eigenvalue weighted by Gasteiger charge is -2.27. The molecule has 0 saturated heterocycles. The molecule has 0 N–H and O–H groups in total. The van der Waals surface area contributed by atoms with Crippen molar-refractivity contribution in [2.75, 3.05) is 11.6 Å². The molecule has 0 saturated carbocycles.